The monoisotopic (exact) mass is 278 g/mol. The number of anilines is 1. The Morgan fingerprint density at radius 2 is 2.15 bits per heavy atom. The van der Waals surface area contributed by atoms with E-state index in [0.29, 0.717) is 18.0 Å². The van der Waals surface area contributed by atoms with Crippen molar-refractivity contribution in [1.29, 1.82) is 0 Å². The van der Waals surface area contributed by atoms with E-state index in [9.17, 15) is 0 Å². The maximum absolute atomic E-state index is 5.65. The second-order valence-electron chi connectivity index (χ2n) is 5.61. The van der Waals surface area contributed by atoms with Crippen LogP contribution in [0.3, 0.4) is 0 Å². The minimum Gasteiger partial charge on any atom is -0.474 e. The molecule has 0 spiro atoms. The van der Waals surface area contributed by atoms with Crippen molar-refractivity contribution in [2.24, 2.45) is 0 Å². The number of ether oxygens (including phenoxy) is 1. The number of aromatic nitrogens is 2. The molecule has 5 nitrogen and oxygen atoms in total. The average molecular weight is 278 g/mol. The third kappa shape index (κ3) is 3.60. The van der Waals surface area contributed by atoms with E-state index in [2.05, 4.69) is 34.0 Å². The largest absolute Gasteiger partial charge is 0.474 e. The van der Waals surface area contributed by atoms with E-state index in [1.807, 2.05) is 20.0 Å². The first kappa shape index (κ1) is 15.0. The average Bonchev–Trinajstić information content (AvgIpc) is 2.46. The van der Waals surface area contributed by atoms with Crippen molar-refractivity contribution in [2.45, 2.75) is 58.7 Å². The van der Waals surface area contributed by atoms with E-state index in [0.717, 1.165) is 31.7 Å². The Kier molecular flexibility index (Phi) is 5.17. The topological polar surface area (TPSA) is 50.3 Å². The molecule has 2 rings (SSSR count). The van der Waals surface area contributed by atoms with Crippen LogP contribution in [0.25, 0.3) is 0 Å². The molecule has 1 saturated heterocycles. The van der Waals surface area contributed by atoms with Gasteiger partial charge in [0.25, 0.3) is 0 Å². The first-order valence-corrected chi connectivity index (χ1v) is 7.62. The number of nitrogens with zero attached hydrogens (tertiary/aromatic N) is 3. The SMILES string of the molecule is CCC1CN(c2cncc(OC(C)C)n2)C(CC)CN1. The quantitative estimate of drug-likeness (QED) is 0.895. The van der Waals surface area contributed by atoms with Gasteiger partial charge < -0.3 is 15.0 Å². The molecule has 0 aromatic carbocycles. The lowest BCUT2D eigenvalue weighted by Crippen LogP contribution is -2.56. The fourth-order valence-electron chi connectivity index (χ4n) is 2.56. The second kappa shape index (κ2) is 6.88. The number of hydrogen-bond donors (Lipinski definition) is 1. The lowest BCUT2D eigenvalue weighted by atomic mass is 10.1. The maximum atomic E-state index is 5.65. The van der Waals surface area contributed by atoms with Crippen LogP contribution in [-0.4, -0.2) is 41.2 Å². The third-order valence-corrected chi connectivity index (χ3v) is 3.71. The summed E-state index contributed by atoms with van der Waals surface area (Å²) in [5, 5.41) is 3.60. The molecule has 1 fully saturated rings. The summed E-state index contributed by atoms with van der Waals surface area (Å²) in [6, 6.07) is 0.996. The molecule has 2 atom stereocenters. The summed E-state index contributed by atoms with van der Waals surface area (Å²) in [4.78, 5) is 11.3. The highest BCUT2D eigenvalue weighted by Gasteiger charge is 2.27. The van der Waals surface area contributed by atoms with Crippen molar-refractivity contribution in [3.05, 3.63) is 12.4 Å². The van der Waals surface area contributed by atoms with Crippen LogP contribution < -0.4 is 15.0 Å². The van der Waals surface area contributed by atoms with Crippen LogP contribution in [0.1, 0.15) is 40.5 Å². The summed E-state index contributed by atoms with van der Waals surface area (Å²) in [6.07, 6.45) is 5.87. The Morgan fingerprint density at radius 3 is 2.80 bits per heavy atom. The molecule has 20 heavy (non-hydrogen) atoms. The highest BCUT2D eigenvalue weighted by Crippen LogP contribution is 2.21. The van der Waals surface area contributed by atoms with Gasteiger partial charge in [0.15, 0.2) is 5.82 Å². The van der Waals surface area contributed by atoms with Gasteiger partial charge in [-0.05, 0) is 26.7 Å². The molecule has 1 N–H and O–H groups in total. The van der Waals surface area contributed by atoms with Crippen LogP contribution in [0, 0.1) is 0 Å². The third-order valence-electron chi connectivity index (χ3n) is 3.71. The molecule has 2 unspecified atom stereocenters. The smallest absolute Gasteiger partial charge is 0.234 e. The standard InChI is InChI=1S/C15H26N4O/c1-5-12-10-19(13(6-2)7-17-12)14-8-16-9-15(18-14)20-11(3)4/h8-9,11-13,17H,5-7,10H2,1-4H3. The second-order valence-corrected chi connectivity index (χ2v) is 5.61. The molecule has 0 aliphatic carbocycles. The lowest BCUT2D eigenvalue weighted by Gasteiger charge is -2.40. The van der Waals surface area contributed by atoms with Crippen molar-refractivity contribution < 1.29 is 4.74 Å². The molecule has 0 radical (unpaired) electrons. The normalized spacial score (nSPS) is 23.1. The Labute approximate surface area is 121 Å². The van der Waals surface area contributed by atoms with Crippen LogP contribution in [-0.2, 0) is 0 Å². The van der Waals surface area contributed by atoms with Crippen molar-refractivity contribution in [1.82, 2.24) is 15.3 Å². The van der Waals surface area contributed by atoms with Gasteiger partial charge in [0.1, 0.15) is 0 Å². The predicted octanol–water partition coefficient (Wildman–Crippen LogP) is 2.23. The van der Waals surface area contributed by atoms with Crippen LogP contribution in [0.4, 0.5) is 5.82 Å². The highest BCUT2D eigenvalue weighted by molar-refractivity contribution is 5.40. The zero-order valence-corrected chi connectivity index (χ0v) is 13.0. The summed E-state index contributed by atoms with van der Waals surface area (Å²) < 4.78 is 5.65. The minimum atomic E-state index is 0.118. The molecule has 1 aliphatic rings. The molecule has 112 valence electrons. The first-order valence-electron chi connectivity index (χ1n) is 7.62. The van der Waals surface area contributed by atoms with E-state index >= 15 is 0 Å². The molecule has 1 aromatic heterocycles. The molecule has 0 amide bonds. The Balaban J connectivity index is 2.18. The van der Waals surface area contributed by atoms with Crippen molar-refractivity contribution in [3.8, 4) is 5.88 Å². The number of hydrogen-bond acceptors (Lipinski definition) is 5. The summed E-state index contributed by atoms with van der Waals surface area (Å²) in [5.74, 6) is 1.54. The van der Waals surface area contributed by atoms with Crippen LogP contribution in [0.5, 0.6) is 5.88 Å². The zero-order chi connectivity index (χ0) is 14.5. The van der Waals surface area contributed by atoms with Crippen molar-refractivity contribution in [3.63, 3.8) is 0 Å². The molecule has 1 aromatic rings. The van der Waals surface area contributed by atoms with Crippen LogP contribution in [0.15, 0.2) is 12.4 Å². The molecule has 0 saturated carbocycles. The number of nitrogens with one attached hydrogen (secondary N) is 1. The summed E-state index contributed by atoms with van der Waals surface area (Å²) in [6.45, 7) is 10.4. The van der Waals surface area contributed by atoms with Gasteiger partial charge in [-0.3, -0.25) is 4.98 Å². The summed E-state index contributed by atoms with van der Waals surface area (Å²) >= 11 is 0. The maximum Gasteiger partial charge on any atom is 0.234 e. The van der Waals surface area contributed by atoms with Crippen molar-refractivity contribution >= 4 is 5.82 Å². The van der Waals surface area contributed by atoms with Crippen LogP contribution in [0.2, 0.25) is 0 Å². The van der Waals surface area contributed by atoms with Crippen molar-refractivity contribution in [2.75, 3.05) is 18.0 Å². The van der Waals surface area contributed by atoms with Gasteiger partial charge in [-0.1, -0.05) is 13.8 Å². The first-order chi connectivity index (χ1) is 9.63. The van der Waals surface area contributed by atoms with Gasteiger partial charge in [-0.2, -0.15) is 4.98 Å². The number of piperazine rings is 1. The Morgan fingerprint density at radius 1 is 1.35 bits per heavy atom. The van der Waals surface area contributed by atoms with E-state index in [1.165, 1.54) is 0 Å². The Hall–Kier alpha value is -1.36. The van der Waals surface area contributed by atoms with E-state index in [4.69, 9.17) is 4.74 Å². The van der Waals surface area contributed by atoms with Gasteiger partial charge in [0, 0.05) is 25.2 Å². The van der Waals surface area contributed by atoms with Crippen LogP contribution >= 0.6 is 0 Å². The number of rotatable bonds is 5. The van der Waals surface area contributed by atoms with Gasteiger partial charge in [-0.25, -0.2) is 0 Å². The fourth-order valence-corrected chi connectivity index (χ4v) is 2.56. The van der Waals surface area contributed by atoms with E-state index < -0.39 is 0 Å². The summed E-state index contributed by atoms with van der Waals surface area (Å²) in [5.41, 5.74) is 0. The van der Waals surface area contributed by atoms with Gasteiger partial charge >= 0.3 is 0 Å². The van der Waals surface area contributed by atoms with E-state index in [1.54, 1.807) is 6.20 Å². The van der Waals surface area contributed by atoms with Gasteiger partial charge in [-0.15, -0.1) is 0 Å². The fraction of sp³-hybridized carbons (Fsp3) is 0.733. The molecule has 0 bridgehead atoms. The lowest BCUT2D eigenvalue weighted by molar-refractivity contribution is 0.231. The molecule has 2 heterocycles. The predicted molar refractivity (Wildman–Crippen MR) is 81.3 cm³/mol. The van der Waals surface area contributed by atoms with Gasteiger partial charge in [0.2, 0.25) is 5.88 Å². The minimum absolute atomic E-state index is 0.118. The molecular formula is C15H26N4O. The Bertz CT molecular complexity index is 424. The highest BCUT2D eigenvalue weighted by atomic mass is 16.5. The molecule has 1 aliphatic heterocycles. The van der Waals surface area contributed by atoms with Gasteiger partial charge in [0.05, 0.1) is 18.5 Å². The van der Waals surface area contributed by atoms with E-state index in [-0.39, 0.29) is 6.10 Å². The summed E-state index contributed by atoms with van der Waals surface area (Å²) in [7, 11) is 0. The zero-order valence-electron chi connectivity index (χ0n) is 13.0. The molecular weight excluding hydrogens is 252 g/mol. The molecule has 5 heteroatoms.